The van der Waals surface area contributed by atoms with E-state index in [0.29, 0.717) is 6.61 Å². The van der Waals surface area contributed by atoms with Gasteiger partial charge >= 0.3 is 0 Å². The van der Waals surface area contributed by atoms with Crippen molar-refractivity contribution in [3.05, 3.63) is 53.7 Å². The molecule has 2 aromatic heterocycles. The van der Waals surface area contributed by atoms with Crippen molar-refractivity contribution >= 4 is 17.6 Å². The fourth-order valence-electron chi connectivity index (χ4n) is 2.62. The molecule has 122 valence electrons. The number of para-hydroxylation sites is 1. The van der Waals surface area contributed by atoms with Gasteiger partial charge in [-0.15, -0.1) is 0 Å². The molecule has 0 spiro atoms. The fraction of sp³-hybridized carbons (Fsp3) is 0.250. The average molecular weight is 340 g/mol. The molecule has 8 heteroatoms. The first kappa shape index (κ1) is 14.9. The lowest BCUT2D eigenvalue weighted by molar-refractivity contribution is 0.302. The zero-order valence-electron chi connectivity index (χ0n) is 12.9. The second-order valence-electron chi connectivity index (χ2n) is 5.29. The standard InChI is InChI=1S/C16H16N6OS/c1-2-4-14-11(3-1)7-12-13(8-23-14)18-9-19-15(12)17-5-6-24-16-20-10-21-22-16/h1-4,9-10H,5-8H2,(H,17,18,19)(H,20,21,22). The van der Waals surface area contributed by atoms with Crippen LogP contribution in [0.1, 0.15) is 16.8 Å². The van der Waals surface area contributed by atoms with Crippen LogP contribution >= 0.6 is 11.8 Å². The van der Waals surface area contributed by atoms with E-state index in [2.05, 4.69) is 36.5 Å². The van der Waals surface area contributed by atoms with Crippen LogP contribution in [-0.2, 0) is 13.0 Å². The van der Waals surface area contributed by atoms with E-state index in [1.165, 1.54) is 6.33 Å². The van der Waals surface area contributed by atoms with Crippen molar-refractivity contribution in [2.75, 3.05) is 17.6 Å². The van der Waals surface area contributed by atoms with Crippen LogP contribution in [0.5, 0.6) is 5.75 Å². The first-order chi connectivity index (χ1) is 11.9. The van der Waals surface area contributed by atoms with Gasteiger partial charge in [0.25, 0.3) is 0 Å². The predicted molar refractivity (Wildman–Crippen MR) is 91.2 cm³/mol. The number of nitrogens with one attached hydrogen (secondary N) is 2. The normalized spacial score (nSPS) is 12.7. The number of anilines is 1. The number of ether oxygens (including phenoxy) is 1. The lowest BCUT2D eigenvalue weighted by atomic mass is 10.0. The van der Waals surface area contributed by atoms with Gasteiger partial charge in [0.2, 0.25) is 0 Å². The quantitative estimate of drug-likeness (QED) is 0.544. The number of benzene rings is 1. The Morgan fingerprint density at radius 3 is 3.04 bits per heavy atom. The number of nitrogens with zero attached hydrogens (tertiary/aromatic N) is 4. The fourth-order valence-corrected chi connectivity index (χ4v) is 3.26. The van der Waals surface area contributed by atoms with Crippen molar-refractivity contribution < 1.29 is 4.74 Å². The molecule has 0 aliphatic carbocycles. The molecule has 3 heterocycles. The molecule has 0 radical (unpaired) electrons. The first-order valence-corrected chi connectivity index (χ1v) is 8.64. The molecule has 0 unspecified atom stereocenters. The monoisotopic (exact) mass is 340 g/mol. The Labute approximate surface area is 143 Å². The smallest absolute Gasteiger partial charge is 0.183 e. The molecule has 0 atom stereocenters. The zero-order chi connectivity index (χ0) is 16.2. The zero-order valence-corrected chi connectivity index (χ0v) is 13.7. The number of hydrogen-bond donors (Lipinski definition) is 2. The van der Waals surface area contributed by atoms with Crippen molar-refractivity contribution in [3.63, 3.8) is 0 Å². The Bertz CT molecular complexity index is 823. The summed E-state index contributed by atoms with van der Waals surface area (Å²) in [4.78, 5) is 12.9. The molecule has 0 bridgehead atoms. The number of H-pyrrole nitrogens is 1. The van der Waals surface area contributed by atoms with E-state index in [4.69, 9.17) is 4.74 Å². The van der Waals surface area contributed by atoms with Crippen LogP contribution in [0.25, 0.3) is 0 Å². The summed E-state index contributed by atoms with van der Waals surface area (Å²) in [6, 6.07) is 8.09. The maximum absolute atomic E-state index is 5.86. The van der Waals surface area contributed by atoms with Crippen LogP contribution in [0.4, 0.5) is 5.82 Å². The molecule has 1 aromatic carbocycles. The lowest BCUT2D eigenvalue weighted by Crippen LogP contribution is -2.11. The topological polar surface area (TPSA) is 88.6 Å². The van der Waals surface area contributed by atoms with Crippen molar-refractivity contribution in [2.24, 2.45) is 0 Å². The summed E-state index contributed by atoms with van der Waals surface area (Å²) in [5, 5.41) is 10.9. The van der Waals surface area contributed by atoms with E-state index in [1.807, 2.05) is 18.2 Å². The summed E-state index contributed by atoms with van der Waals surface area (Å²) >= 11 is 1.62. The minimum absolute atomic E-state index is 0.469. The Morgan fingerprint density at radius 1 is 1.17 bits per heavy atom. The van der Waals surface area contributed by atoms with Crippen LogP contribution in [-0.4, -0.2) is 37.4 Å². The van der Waals surface area contributed by atoms with Crippen LogP contribution in [0.3, 0.4) is 0 Å². The number of aromatic nitrogens is 5. The number of rotatable bonds is 5. The van der Waals surface area contributed by atoms with Crippen LogP contribution < -0.4 is 10.1 Å². The van der Waals surface area contributed by atoms with Gasteiger partial charge in [0.1, 0.15) is 30.8 Å². The highest BCUT2D eigenvalue weighted by molar-refractivity contribution is 7.99. The molecule has 0 saturated heterocycles. The van der Waals surface area contributed by atoms with Crippen molar-refractivity contribution in [3.8, 4) is 5.75 Å². The molecule has 0 amide bonds. The predicted octanol–water partition coefficient (Wildman–Crippen LogP) is 2.28. The second-order valence-corrected chi connectivity index (χ2v) is 6.37. The van der Waals surface area contributed by atoms with Gasteiger partial charge in [-0.2, -0.15) is 5.10 Å². The van der Waals surface area contributed by atoms with E-state index in [9.17, 15) is 0 Å². The van der Waals surface area contributed by atoms with Gasteiger partial charge < -0.3 is 10.1 Å². The van der Waals surface area contributed by atoms with Gasteiger partial charge in [0.15, 0.2) is 5.16 Å². The molecule has 0 fully saturated rings. The molecule has 24 heavy (non-hydrogen) atoms. The molecular formula is C16H16N6OS. The van der Waals surface area contributed by atoms with Gasteiger partial charge in [0, 0.05) is 24.3 Å². The Hall–Kier alpha value is -2.61. The van der Waals surface area contributed by atoms with Crippen molar-refractivity contribution in [1.82, 2.24) is 25.1 Å². The summed E-state index contributed by atoms with van der Waals surface area (Å²) < 4.78 is 5.86. The van der Waals surface area contributed by atoms with Gasteiger partial charge in [-0.1, -0.05) is 30.0 Å². The van der Waals surface area contributed by atoms with Crippen LogP contribution in [0, 0.1) is 0 Å². The highest BCUT2D eigenvalue weighted by Crippen LogP contribution is 2.30. The first-order valence-electron chi connectivity index (χ1n) is 7.65. The Morgan fingerprint density at radius 2 is 2.12 bits per heavy atom. The Kier molecular flexibility index (Phi) is 4.28. The summed E-state index contributed by atoms with van der Waals surface area (Å²) in [7, 11) is 0. The third kappa shape index (κ3) is 3.18. The van der Waals surface area contributed by atoms with E-state index >= 15 is 0 Å². The largest absolute Gasteiger partial charge is 0.487 e. The number of fused-ring (bicyclic) bond motifs is 2. The minimum atomic E-state index is 0.469. The molecule has 7 nitrogen and oxygen atoms in total. The number of hydrogen-bond acceptors (Lipinski definition) is 7. The molecule has 3 aromatic rings. The highest BCUT2D eigenvalue weighted by Gasteiger charge is 2.18. The molecule has 0 saturated carbocycles. The maximum Gasteiger partial charge on any atom is 0.183 e. The van der Waals surface area contributed by atoms with Gasteiger partial charge in [-0.25, -0.2) is 15.0 Å². The number of aromatic amines is 1. The molecule has 2 N–H and O–H groups in total. The summed E-state index contributed by atoms with van der Waals surface area (Å²) in [6.07, 6.45) is 3.87. The van der Waals surface area contributed by atoms with Crippen molar-refractivity contribution in [2.45, 2.75) is 18.2 Å². The van der Waals surface area contributed by atoms with Gasteiger partial charge in [-0.05, 0) is 11.6 Å². The highest BCUT2D eigenvalue weighted by atomic mass is 32.2. The van der Waals surface area contributed by atoms with E-state index in [0.717, 1.165) is 52.3 Å². The van der Waals surface area contributed by atoms with Crippen LogP contribution in [0.15, 0.2) is 42.1 Å². The average Bonchev–Trinajstić information content (AvgIpc) is 3.05. The summed E-state index contributed by atoms with van der Waals surface area (Å²) in [6.45, 7) is 1.24. The van der Waals surface area contributed by atoms with Crippen LogP contribution in [0.2, 0.25) is 0 Å². The van der Waals surface area contributed by atoms with E-state index < -0.39 is 0 Å². The van der Waals surface area contributed by atoms with Gasteiger partial charge in [-0.3, -0.25) is 5.10 Å². The molecule has 4 rings (SSSR count). The third-order valence-corrected chi connectivity index (χ3v) is 4.64. The van der Waals surface area contributed by atoms with E-state index in [-0.39, 0.29) is 0 Å². The number of thioether (sulfide) groups is 1. The molecular weight excluding hydrogens is 324 g/mol. The molecule has 1 aliphatic heterocycles. The third-order valence-electron chi connectivity index (χ3n) is 3.77. The van der Waals surface area contributed by atoms with Gasteiger partial charge in [0.05, 0.1) is 5.69 Å². The van der Waals surface area contributed by atoms with Crippen molar-refractivity contribution in [1.29, 1.82) is 0 Å². The second kappa shape index (κ2) is 6.88. The lowest BCUT2D eigenvalue weighted by Gasteiger charge is -2.11. The maximum atomic E-state index is 5.86. The Balaban J connectivity index is 1.47. The SMILES string of the molecule is c1ccc2c(c1)Cc1c(ncnc1NCCSc1ncn[nH]1)CO2. The molecule has 1 aliphatic rings. The summed E-state index contributed by atoms with van der Waals surface area (Å²) in [5.41, 5.74) is 3.20. The summed E-state index contributed by atoms with van der Waals surface area (Å²) in [5.74, 6) is 2.65. The minimum Gasteiger partial charge on any atom is -0.487 e. The van der Waals surface area contributed by atoms with E-state index in [1.54, 1.807) is 18.1 Å².